The van der Waals surface area contributed by atoms with Gasteiger partial charge in [-0.25, -0.2) is 12.7 Å². The summed E-state index contributed by atoms with van der Waals surface area (Å²) in [5.74, 6) is -0.0526. The molecule has 1 amide bonds. The topological polar surface area (TPSA) is 66.5 Å². The van der Waals surface area contributed by atoms with Crippen molar-refractivity contribution in [3.8, 4) is 0 Å². The number of nitrogens with zero attached hydrogens (tertiary/aromatic N) is 1. The summed E-state index contributed by atoms with van der Waals surface area (Å²) in [4.78, 5) is 13.7. The van der Waals surface area contributed by atoms with Crippen molar-refractivity contribution < 1.29 is 13.2 Å². The van der Waals surface area contributed by atoms with E-state index < -0.39 is 10.0 Å². The van der Waals surface area contributed by atoms with Crippen LogP contribution in [0.15, 0.2) is 47.4 Å². The molecule has 1 heterocycles. The molecular formula is C21H23Cl3N2O3S2. The molecular weight excluding hydrogens is 499 g/mol. The zero-order chi connectivity index (χ0) is 22.4. The molecule has 0 aliphatic carbocycles. The first kappa shape index (κ1) is 24.7. The standard InChI is InChI=1S/C21H23Cl3N2O3S2/c22-16-6-8-17(9-7-16)30-12-10-25-21(27)15-3-2-11-26(13-15)31(28,29)14-18-19(23)4-1-5-20(18)24/h1,4-9,15H,2-3,10-14H2,(H,25,27)/t15-/m1/s1. The van der Waals surface area contributed by atoms with Crippen molar-refractivity contribution in [2.45, 2.75) is 23.5 Å². The number of amides is 1. The minimum absolute atomic E-state index is 0.118. The molecule has 2 aromatic carbocycles. The van der Waals surface area contributed by atoms with Gasteiger partial charge in [0.05, 0.1) is 11.7 Å². The Morgan fingerprint density at radius 3 is 2.45 bits per heavy atom. The summed E-state index contributed by atoms with van der Waals surface area (Å²) in [6, 6.07) is 12.4. The average Bonchev–Trinajstić information content (AvgIpc) is 2.75. The molecule has 2 aromatic rings. The fourth-order valence-corrected chi connectivity index (χ4v) is 6.63. The molecule has 1 saturated heterocycles. The molecule has 1 atom stereocenters. The summed E-state index contributed by atoms with van der Waals surface area (Å²) in [5, 5.41) is 4.25. The van der Waals surface area contributed by atoms with Gasteiger partial charge in [0.25, 0.3) is 0 Å². The van der Waals surface area contributed by atoms with Crippen molar-refractivity contribution in [3.63, 3.8) is 0 Å². The molecule has 10 heteroatoms. The van der Waals surface area contributed by atoms with Crippen molar-refractivity contribution >= 4 is 62.5 Å². The molecule has 1 aliphatic heterocycles. The Bertz CT molecular complexity index is 997. The highest BCUT2D eigenvalue weighted by atomic mass is 35.5. The Kier molecular flexibility index (Phi) is 8.96. The van der Waals surface area contributed by atoms with Crippen LogP contribution in [-0.2, 0) is 20.6 Å². The van der Waals surface area contributed by atoms with E-state index in [4.69, 9.17) is 34.8 Å². The Morgan fingerprint density at radius 1 is 1.10 bits per heavy atom. The van der Waals surface area contributed by atoms with E-state index in [1.54, 1.807) is 30.0 Å². The molecule has 0 aromatic heterocycles. The molecule has 0 spiro atoms. The number of sulfonamides is 1. The second kappa shape index (κ2) is 11.3. The second-order valence-corrected chi connectivity index (χ2v) is 11.6. The van der Waals surface area contributed by atoms with Crippen molar-refractivity contribution in [1.29, 1.82) is 0 Å². The van der Waals surface area contributed by atoms with Crippen molar-refractivity contribution in [2.75, 3.05) is 25.4 Å². The van der Waals surface area contributed by atoms with Crippen LogP contribution in [0, 0.1) is 5.92 Å². The van der Waals surface area contributed by atoms with Crippen molar-refractivity contribution in [3.05, 3.63) is 63.1 Å². The van der Waals surface area contributed by atoms with E-state index in [1.807, 2.05) is 24.3 Å². The van der Waals surface area contributed by atoms with Gasteiger partial charge in [-0.3, -0.25) is 4.79 Å². The van der Waals surface area contributed by atoms with Gasteiger partial charge in [-0.05, 0) is 49.2 Å². The van der Waals surface area contributed by atoms with Crippen LogP contribution in [0.3, 0.4) is 0 Å². The summed E-state index contributed by atoms with van der Waals surface area (Å²) in [7, 11) is -3.64. The highest BCUT2D eigenvalue weighted by molar-refractivity contribution is 7.99. The lowest BCUT2D eigenvalue weighted by atomic mass is 9.99. The van der Waals surface area contributed by atoms with Crippen molar-refractivity contribution in [2.24, 2.45) is 5.92 Å². The maximum absolute atomic E-state index is 12.9. The number of carbonyl (C=O) groups is 1. The largest absolute Gasteiger partial charge is 0.355 e. The third kappa shape index (κ3) is 7.01. The predicted octanol–water partition coefficient (Wildman–Crippen LogP) is 5.10. The quantitative estimate of drug-likeness (QED) is 0.388. The lowest BCUT2D eigenvalue weighted by molar-refractivity contribution is -0.125. The van der Waals surface area contributed by atoms with Crippen LogP contribution in [-0.4, -0.2) is 44.0 Å². The fraction of sp³-hybridized carbons (Fsp3) is 0.381. The van der Waals surface area contributed by atoms with E-state index in [0.29, 0.717) is 52.3 Å². The van der Waals surface area contributed by atoms with Gasteiger partial charge < -0.3 is 5.32 Å². The molecule has 1 aliphatic rings. The molecule has 1 fully saturated rings. The lowest BCUT2D eigenvalue weighted by Gasteiger charge is -2.31. The number of carbonyl (C=O) groups excluding carboxylic acids is 1. The van der Waals surface area contributed by atoms with Gasteiger partial charge in [0.15, 0.2) is 0 Å². The SMILES string of the molecule is O=C(NCCSc1ccc(Cl)cc1)[C@@H]1CCCN(S(=O)(=O)Cc2c(Cl)cccc2Cl)C1. The molecule has 1 N–H and O–H groups in total. The molecule has 0 saturated carbocycles. The first-order chi connectivity index (χ1) is 14.8. The van der Waals surface area contributed by atoms with Crippen LogP contribution in [0.25, 0.3) is 0 Å². The van der Waals surface area contributed by atoms with Crippen LogP contribution in [0.1, 0.15) is 18.4 Å². The third-order valence-electron chi connectivity index (χ3n) is 5.02. The number of hydrogen-bond donors (Lipinski definition) is 1. The summed E-state index contributed by atoms with van der Waals surface area (Å²) >= 11 is 19.8. The highest BCUT2D eigenvalue weighted by Crippen LogP contribution is 2.29. The van der Waals surface area contributed by atoms with Gasteiger partial charge >= 0.3 is 0 Å². The normalized spacial score (nSPS) is 17.5. The molecule has 3 rings (SSSR count). The first-order valence-corrected chi connectivity index (χ1v) is 13.6. The Hall–Kier alpha value is -0.960. The van der Waals surface area contributed by atoms with Gasteiger partial charge in [-0.1, -0.05) is 40.9 Å². The lowest BCUT2D eigenvalue weighted by Crippen LogP contribution is -2.46. The average molecular weight is 522 g/mol. The van der Waals surface area contributed by atoms with E-state index in [2.05, 4.69) is 5.32 Å². The molecule has 0 radical (unpaired) electrons. The van der Waals surface area contributed by atoms with E-state index in [1.165, 1.54) is 4.31 Å². The third-order valence-corrected chi connectivity index (χ3v) is 8.77. The summed E-state index contributed by atoms with van der Waals surface area (Å²) in [5.41, 5.74) is 0.386. The maximum atomic E-state index is 12.9. The second-order valence-electron chi connectivity index (χ2n) is 7.25. The van der Waals surface area contributed by atoms with Gasteiger partial charge in [-0.2, -0.15) is 0 Å². The smallest absolute Gasteiger partial charge is 0.224 e. The number of benzene rings is 2. The van der Waals surface area contributed by atoms with Gasteiger partial charge in [0, 0.05) is 50.9 Å². The van der Waals surface area contributed by atoms with Crippen LogP contribution >= 0.6 is 46.6 Å². The van der Waals surface area contributed by atoms with E-state index >= 15 is 0 Å². The van der Waals surface area contributed by atoms with Gasteiger partial charge in [0.1, 0.15) is 0 Å². The molecule has 31 heavy (non-hydrogen) atoms. The zero-order valence-electron chi connectivity index (χ0n) is 16.7. The molecule has 0 bridgehead atoms. The predicted molar refractivity (Wildman–Crippen MR) is 129 cm³/mol. The maximum Gasteiger partial charge on any atom is 0.224 e. The van der Waals surface area contributed by atoms with Gasteiger partial charge in [-0.15, -0.1) is 11.8 Å². The molecule has 168 valence electrons. The number of nitrogens with one attached hydrogen (secondary N) is 1. The Labute approximate surface area is 202 Å². The monoisotopic (exact) mass is 520 g/mol. The minimum atomic E-state index is -3.64. The number of hydrogen-bond acceptors (Lipinski definition) is 4. The molecule has 5 nitrogen and oxygen atoms in total. The summed E-state index contributed by atoms with van der Waals surface area (Å²) < 4.78 is 27.2. The van der Waals surface area contributed by atoms with Crippen LogP contribution in [0.5, 0.6) is 0 Å². The van der Waals surface area contributed by atoms with E-state index in [-0.39, 0.29) is 24.1 Å². The van der Waals surface area contributed by atoms with E-state index in [0.717, 1.165) is 4.90 Å². The summed E-state index contributed by atoms with van der Waals surface area (Å²) in [6.07, 6.45) is 1.29. The minimum Gasteiger partial charge on any atom is -0.355 e. The van der Waals surface area contributed by atoms with Crippen LogP contribution < -0.4 is 5.32 Å². The van der Waals surface area contributed by atoms with Gasteiger partial charge in [0.2, 0.25) is 15.9 Å². The highest BCUT2D eigenvalue weighted by Gasteiger charge is 2.33. The van der Waals surface area contributed by atoms with Crippen LogP contribution in [0.2, 0.25) is 15.1 Å². The number of piperidine rings is 1. The number of thioether (sulfide) groups is 1. The number of rotatable bonds is 8. The van der Waals surface area contributed by atoms with Crippen molar-refractivity contribution in [1.82, 2.24) is 9.62 Å². The Balaban J connectivity index is 1.51. The molecule has 0 unspecified atom stereocenters. The zero-order valence-corrected chi connectivity index (χ0v) is 20.6. The fourth-order valence-electron chi connectivity index (χ4n) is 3.37. The number of halogens is 3. The van der Waals surface area contributed by atoms with Crippen LogP contribution in [0.4, 0.5) is 0 Å². The van der Waals surface area contributed by atoms with E-state index in [9.17, 15) is 13.2 Å². The first-order valence-electron chi connectivity index (χ1n) is 9.83. The Morgan fingerprint density at radius 2 is 1.77 bits per heavy atom. The summed E-state index contributed by atoms with van der Waals surface area (Å²) in [6.45, 7) is 1.06.